The Kier molecular flexibility index (Phi) is 5.58. The highest BCUT2D eigenvalue weighted by Gasteiger charge is 2.16. The van der Waals surface area contributed by atoms with E-state index in [9.17, 15) is 4.79 Å². The van der Waals surface area contributed by atoms with Crippen LogP contribution in [0.2, 0.25) is 0 Å². The maximum Gasteiger partial charge on any atom is 0.251 e. The van der Waals surface area contributed by atoms with Gasteiger partial charge in [-0.05, 0) is 18.6 Å². The van der Waals surface area contributed by atoms with Crippen molar-refractivity contribution in [1.82, 2.24) is 20.3 Å². The van der Waals surface area contributed by atoms with Gasteiger partial charge in [-0.25, -0.2) is 15.0 Å². The number of thiazole rings is 1. The van der Waals surface area contributed by atoms with Crippen molar-refractivity contribution >= 4 is 23.1 Å². The summed E-state index contributed by atoms with van der Waals surface area (Å²) in [5.41, 5.74) is 2.38. The molecule has 26 heavy (non-hydrogen) atoms. The Bertz CT molecular complexity index is 862. The molecule has 2 aromatic heterocycles. The second-order valence-electron chi connectivity index (χ2n) is 6.04. The minimum atomic E-state index is -0.102. The van der Waals surface area contributed by atoms with Crippen LogP contribution in [0, 0.1) is 0 Å². The summed E-state index contributed by atoms with van der Waals surface area (Å²) in [5, 5.41) is 5.89. The van der Waals surface area contributed by atoms with Crippen molar-refractivity contribution < 1.29 is 4.79 Å². The highest BCUT2D eigenvalue weighted by molar-refractivity contribution is 7.09. The van der Waals surface area contributed by atoms with Crippen LogP contribution in [0.25, 0.3) is 11.3 Å². The highest BCUT2D eigenvalue weighted by atomic mass is 32.1. The minimum Gasteiger partial charge on any atom is -0.363 e. The Hall–Kier alpha value is -2.80. The van der Waals surface area contributed by atoms with Gasteiger partial charge in [0, 0.05) is 42.9 Å². The fourth-order valence-corrected chi connectivity index (χ4v) is 3.30. The summed E-state index contributed by atoms with van der Waals surface area (Å²) in [5.74, 6) is 0.737. The topological polar surface area (TPSA) is 71.0 Å². The van der Waals surface area contributed by atoms with Crippen LogP contribution in [-0.4, -0.2) is 35.0 Å². The molecule has 1 atom stereocenters. The lowest BCUT2D eigenvalue weighted by Crippen LogP contribution is -2.28. The summed E-state index contributed by atoms with van der Waals surface area (Å²) in [6.45, 7) is 2.03. The van der Waals surface area contributed by atoms with Gasteiger partial charge in [-0.2, -0.15) is 0 Å². The molecule has 134 valence electrons. The van der Waals surface area contributed by atoms with Crippen molar-refractivity contribution in [3.05, 3.63) is 58.8 Å². The second-order valence-corrected chi connectivity index (χ2v) is 6.96. The SMILES string of the molecule is CCC(NC(=O)c1ccc(-c2cc(N(C)C)ncn2)cc1)c1nccs1. The highest BCUT2D eigenvalue weighted by Crippen LogP contribution is 2.22. The first-order valence-electron chi connectivity index (χ1n) is 8.38. The average Bonchev–Trinajstić information content (AvgIpc) is 3.20. The van der Waals surface area contributed by atoms with Gasteiger partial charge >= 0.3 is 0 Å². The van der Waals surface area contributed by atoms with E-state index in [1.165, 1.54) is 0 Å². The maximum absolute atomic E-state index is 12.5. The second kappa shape index (κ2) is 8.05. The first-order valence-corrected chi connectivity index (χ1v) is 9.26. The van der Waals surface area contributed by atoms with Crippen LogP contribution in [0.4, 0.5) is 5.82 Å². The van der Waals surface area contributed by atoms with E-state index in [1.807, 2.05) is 61.6 Å². The Morgan fingerprint density at radius 3 is 2.58 bits per heavy atom. The normalized spacial score (nSPS) is 11.8. The van der Waals surface area contributed by atoms with Crippen LogP contribution in [0.5, 0.6) is 0 Å². The lowest BCUT2D eigenvalue weighted by molar-refractivity contribution is 0.0935. The Morgan fingerprint density at radius 2 is 1.96 bits per heavy atom. The van der Waals surface area contributed by atoms with Crippen molar-refractivity contribution in [3.8, 4) is 11.3 Å². The van der Waals surface area contributed by atoms with Crippen molar-refractivity contribution in [2.24, 2.45) is 0 Å². The van der Waals surface area contributed by atoms with Gasteiger partial charge in [0.25, 0.3) is 5.91 Å². The van der Waals surface area contributed by atoms with Gasteiger partial charge in [-0.3, -0.25) is 4.79 Å². The van der Waals surface area contributed by atoms with Gasteiger partial charge in [-0.1, -0.05) is 19.1 Å². The fourth-order valence-electron chi connectivity index (χ4n) is 2.53. The number of anilines is 1. The summed E-state index contributed by atoms with van der Waals surface area (Å²) >= 11 is 1.55. The van der Waals surface area contributed by atoms with Gasteiger partial charge < -0.3 is 10.2 Å². The molecule has 1 unspecified atom stereocenters. The molecule has 0 bridgehead atoms. The smallest absolute Gasteiger partial charge is 0.251 e. The number of nitrogens with zero attached hydrogens (tertiary/aromatic N) is 4. The summed E-state index contributed by atoms with van der Waals surface area (Å²) < 4.78 is 0. The molecule has 3 aromatic rings. The van der Waals surface area contributed by atoms with Crippen LogP contribution in [-0.2, 0) is 0 Å². The van der Waals surface area contributed by atoms with Crippen LogP contribution < -0.4 is 10.2 Å². The molecule has 1 aromatic carbocycles. The van der Waals surface area contributed by atoms with Gasteiger partial charge in [0.1, 0.15) is 17.2 Å². The zero-order valence-corrected chi connectivity index (χ0v) is 15.8. The molecule has 6 nitrogen and oxygen atoms in total. The molecule has 0 fully saturated rings. The molecule has 1 N–H and O–H groups in total. The predicted molar refractivity (Wildman–Crippen MR) is 104 cm³/mol. The first-order chi connectivity index (χ1) is 12.6. The van der Waals surface area contributed by atoms with Crippen LogP contribution in [0.15, 0.2) is 48.2 Å². The number of amides is 1. The predicted octanol–water partition coefficient (Wildman–Crippen LogP) is 3.55. The summed E-state index contributed by atoms with van der Waals surface area (Å²) in [4.78, 5) is 27.3. The molecule has 0 aliphatic rings. The van der Waals surface area contributed by atoms with Crippen LogP contribution in [0.3, 0.4) is 0 Å². The number of nitrogens with one attached hydrogen (secondary N) is 1. The zero-order valence-electron chi connectivity index (χ0n) is 15.0. The fraction of sp³-hybridized carbons (Fsp3) is 0.263. The van der Waals surface area contributed by atoms with Gasteiger partial charge in [-0.15, -0.1) is 11.3 Å². The molecule has 0 saturated carbocycles. The largest absolute Gasteiger partial charge is 0.363 e. The molecule has 2 heterocycles. The Labute approximate surface area is 157 Å². The molecule has 3 rings (SSSR count). The Balaban J connectivity index is 1.75. The third kappa shape index (κ3) is 4.05. The Morgan fingerprint density at radius 1 is 1.19 bits per heavy atom. The molecule has 0 saturated heterocycles. The lowest BCUT2D eigenvalue weighted by atomic mass is 10.1. The third-order valence-corrected chi connectivity index (χ3v) is 4.91. The van der Waals surface area contributed by atoms with Crippen LogP contribution >= 0.6 is 11.3 Å². The van der Waals surface area contributed by atoms with E-state index in [-0.39, 0.29) is 11.9 Å². The van der Waals surface area contributed by atoms with E-state index in [0.29, 0.717) is 5.56 Å². The monoisotopic (exact) mass is 367 g/mol. The number of aromatic nitrogens is 3. The summed E-state index contributed by atoms with van der Waals surface area (Å²) in [6.07, 6.45) is 4.10. The van der Waals surface area contributed by atoms with E-state index in [0.717, 1.165) is 28.5 Å². The molecule has 1 amide bonds. The molecular weight excluding hydrogens is 346 g/mol. The van der Waals surface area contributed by atoms with Crippen molar-refractivity contribution in [2.75, 3.05) is 19.0 Å². The van der Waals surface area contributed by atoms with Crippen molar-refractivity contribution in [1.29, 1.82) is 0 Å². The third-order valence-electron chi connectivity index (χ3n) is 4.02. The molecule has 7 heteroatoms. The quantitative estimate of drug-likeness (QED) is 0.721. The van der Waals surface area contributed by atoms with Gasteiger partial charge in [0.2, 0.25) is 0 Å². The van der Waals surface area contributed by atoms with Gasteiger partial charge in [0.05, 0.1) is 11.7 Å². The number of benzene rings is 1. The number of rotatable bonds is 6. The molecular formula is C19H21N5OS. The standard InChI is InChI=1S/C19H21N5OS/c1-4-15(19-20-9-10-26-19)23-18(25)14-7-5-13(6-8-14)16-11-17(24(2)3)22-12-21-16/h5-12,15H,4H2,1-3H3,(H,23,25). The van der Waals surface area contributed by atoms with Crippen molar-refractivity contribution in [3.63, 3.8) is 0 Å². The summed E-state index contributed by atoms with van der Waals surface area (Å²) in [7, 11) is 3.87. The van der Waals surface area contributed by atoms with E-state index in [2.05, 4.69) is 20.3 Å². The molecule has 0 radical (unpaired) electrons. The summed E-state index contributed by atoms with van der Waals surface area (Å²) in [6, 6.07) is 9.30. The van der Waals surface area contributed by atoms with E-state index < -0.39 is 0 Å². The number of hydrogen-bond donors (Lipinski definition) is 1. The molecule has 0 aliphatic heterocycles. The number of hydrogen-bond acceptors (Lipinski definition) is 6. The molecule has 0 spiro atoms. The van der Waals surface area contributed by atoms with Crippen molar-refractivity contribution in [2.45, 2.75) is 19.4 Å². The van der Waals surface area contributed by atoms with E-state index >= 15 is 0 Å². The zero-order chi connectivity index (χ0) is 18.5. The number of carbonyl (C=O) groups is 1. The number of carbonyl (C=O) groups excluding carboxylic acids is 1. The molecule has 0 aliphatic carbocycles. The maximum atomic E-state index is 12.5. The average molecular weight is 367 g/mol. The van der Waals surface area contributed by atoms with Crippen LogP contribution in [0.1, 0.15) is 34.8 Å². The minimum absolute atomic E-state index is 0.0632. The van der Waals surface area contributed by atoms with Gasteiger partial charge in [0.15, 0.2) is 0 Å². The van der Waals surface area contributed by atoms with E-state index in [1.54, 1.807) is 23.9 Å². The lowest BCUT2D eigenvalue weighted by Gasteiger charge is -2.15. The van der Waals surface area contributed by atoms with E-state index in [4.69, 9.17) is 0 Å². The first kappa shape index (κ1) is 18.0.